The van der Waals surface area contributed by atoms with Crippen molar-refractivity contribution in [1.82, 2.24) is 10.6 Å². The molecule has 0 aliphatic rings. The van der Waals surface area contributed by atoms with Crippen molar-refractivity contribution in [3.8, 4) is 0 Å². The van der Waals surface area contributed by atoms with Gasteiger partial charge in [0.05, 0.1) is 6.61 Å². The molecule has 0 spiro atoms. The minimum absolute atomic E-state index is 0.0172. The zero-order chi connectivity index (χ0) is 12.2. The Morgan fingerprint density at radius 1 is 1.25 bits per heavy atom. The molecule has 0 aromatic rings. The van der Waals surface area contributed by atoms with Crippen LogP contribution in [0.25, 0.3) is 0 Å². The standard InChI is InChI=1S/C12H26N2O2/c1-4-6-11(3)14-12(15)10-16-9-8-13-7-5-2/h11,13H,4-10H2,1-3H3,(H,14,15). The molecule has 16 heavy (non-hydrogen) atoms. The quantitative estimate of drug-likeness (QED) is 0.556. The van der Waals surface area contributed by atoms with Gasteiger partial charge in [0.2, 0.25) is 5.91 Å². The number of carbonyl (C=O) groups is 1. The molecule has 0 radical (unpaired) electrons. The van der Waals surface area contributed by atoms with Gasteiger partial charge in [-0.3, -0.25) is 4.79 Å². The highest BCUT2D eigenvalue weighted by Crippen LogP contribution is 1.94. The molecule has 0 aromatic heterocycles. The van der Waals surface area contributed by atoms with Crippen molar-refractivity contribution in [2.75, 3.05) is 26.3 Å². The molecule has 2 N–H and O–H groups in total. The fraction of sp³-hybridized carbons (Fsp3) is 0.917. The zero-order valence-electron chi connectivity index (χ0n) is 10.8. The highest BCUT2D eigenvalue weighted by atomic mass is 16.5. The molecule has 0 bridgehead atoms. The summed E-state index contributed by atoms with van der Waals surface area (Å²) in [4.78, 5) is 11.4. The van der Waals surface area contributed by atoms with Crippen LogP contribution in [0.1, 0.15) is 40.0 Å². The molecule has 1 unspecified atom stereocenters. The Balaban J connectivity index is 3.30. The van der Waals surface area contributed by atoms with Crippen LogP contribution in [0.2, 0.25) is 0 Å². The minimum Gasteiger partial charge on any atom is -0.370 e. The maximum Gasteiger partial charge on any atom is 0.246 e. The van der Waals surface area contributed by atoms with Crippen LogP contribution >= 0.6 is 0 Å². The first kappa shape index (κ1) is 15.4. The molecule has 4 heteroatoms. The van der Waals surface area contributed by atoms with Gasteiger partial charge in [-0.25, -0.2) is 0 Å². The molecule has 0 aliphatic carbocycles. The van der Waals surface area contributed by atoms with Gasteiger partial charge < -0.3 is 15.4 Å². The van der Waals surface area contributed by atoms with E-state index in [1.807, 2.05) is 6.92 Å². The molecule has 0 saturated heterocycles. The highest BCUT2D eigenvalue weighted by Gasteiger charge is 2.05. The molecule has 96 valence electrons. The van der Waals surface area contributed by atoms with E-state index in [9.17, 15) is 4.79 Å². The lowest BCUT2D eigenvalue weighted by atomic mass is 10.2. The SMILES string of the molecule is CCCNCCOCC(=O)NC(C)CCC. The smallest absolute Gasteiger partial charge is 0.246 e. The van der Waals surface area contributed by atoms with E-state index in [0.717, 1.165) is 32.4 Å². The third-order valence-electron chi connectivity index (χ3n) is 2.21. The summed E-state index contributed by atoms with van der Waals surface area (Å²) in [7, 11) is 0. The molecule has 0 fully saturated rings. The predicted molar refractivity (Wildman–Crippen MR) is 66.5 cm³/mol. The normalized spacial score (nSPS) is 12.4. The first-order valence-corrected chi connectivity index (χ1v) is 6.28. The lowest BCUT2D eigenvalue weighted by molar-refractivity contribution is -0.126. The number of rotatable bonds is 10. The highest BCUT2D eigenvalue weighted by molar-refractivity contribution is 5.77. The number of amides is 1. The molecular weight excluding hydrogens is 204 g/mol. The molecule has 4 nitrogen and oxygen atoms in total. The van der Waals surface area contributed by atoms with E-state index in [1.54, 1.807) is 0 Å². The van der Waals surface area contributed by atoms with E-state index < -0.39 is 0 Å². The summed E-state index contributed by atoms with van der Waals surface area (Å²) < 4.78 is 5.25. The van der Waals surface area contributed by atoms with Crippen LogP contribution in [0.3, 0.4) is 0 Å². The van der Waals surface area contributed by atoms with Gasteiger partial charge >= 0.3 is 0 Å². The van der Waals surface area contributed by atoms with E-state index >= 15 is 0 Å². The van der Waals surface area contributed by atoms with Gasteiger partial charge in [0.1, 0.15) is 6.61 Å². The summed E-state index contributed by atoms with van der Waals surface area (Å²) in [5.41, 5.74) is 0. The third-order valence-corrected chi connectivity index (χ3v) is 2.21. The Morgan fingerprint density at radius 3 is 2.62 bits per heavy atom. The number of ether oxygens (including phenoxy) is 1. The van der Waals surface area contributed by atoms with Gasteiger partial charge in [-0.05, 0) is 26.3 Å². The fourth-order valence-corrected chi connectivity index (χ4v) is 1.43. The summed E-state index contributed by atoms with van der Waals surface area (Å²) >= 11 is 0. The van der Waals surface area contributed by atoms with Crippen molar-refractivity contribution in [2.45, 2.75) is 46.1 Å². The van der Waals surface area contributed by atoms with Crippen LogP contribution in [0.5, 0.6) is 0 Å². The summed E-state index contributed by atoms with van der Waals surface area (Å²) in [6.45, 7) is 8.82. The van der Waals surface area contributed by atoms with Crippen molar-refractivity contribution in [1.29, 1.82) is 0 Å². The van der Waals surface area contributed by atoms with Gasteiger partial charge in [-0.1, -0.05) is 20.3 Å². The van der Waals surface area contributed by atoms with Crippen LogP contribution in [0.15, 0.2) is 0 Å². The first-order chi connectivity index (χ1) is 7.70. The van der Waals surface area contributed by atoms with Crippen molar-refractivity contribution in [3.05, 3.63) is 0 Å². The van der Waals surface area contributed by atoms with E-state index in [4.69, 9.17) is 4.74 Å². The topological polar surface area (TPSA) is 50.4 Å². The second-order valence-corrected chi connectivity index (χ2v) is 4.06. The average molecular weight is 230 g/mol. The van der Waals surface area contributed by atoms with E-state index in [1.165, 1.54) is 0 Å². The molecule has 1 amide bonds. The Kier molecular flexibility index (Phi) is 10.5. The second kappa shape index (κ2) is 10.9. The Morgan fingerprint density at radius 2 is 2.00 bits per heavy atom. The van der Waals surface area contributed by atoms with Crippen LogP contribution < -0.4 is 10.6 Å². The average Bonchev–Trinajstić information content (AvgIpc) is 2.23. The van der Waals surface area contributed by atoms with Gasteiger partial charge in [-0.15, -0.1) is 0 Å². The molecule has 0 saturated carbocycles. The van der Waals surface area contributed by atoms with Gasteiger partial charge in [0, 0.05) is 12.6 Å². The second-order valence-electron chi connectivity index (χ2n) is 4.06. The van der Waals surface area contributed by atoms with Gasteiger partial charge in [0.15, 0.2) is 0 Å². The molecule has 1 atom stereocenters. The Bertz CT molecular complexity index is 174. The van der Waals surface area contributed by atoms with Gasteiger partial charge in [0.25, 0.3) is 0 Å². The monoisotopic (exact) mass is 230 g/mol. The maximum atomic E-state index is 11.4. The summed E-state index contributed by atoms with van der Waals surface area (Å²) in [5, 5.41) is 6.11. The fourth-order valence-electron chi connectivity index (χ4n) is 1.43. The number of hydrogen-bond donors (Lipinski definition) is 2. The van der Waals surface area contributed by atoms with Crippen molar-refractivity contribution in [3.63, 3.8) is 0 Å². The van der Waals surface area contributed by atoms with Crippen LogP contribution in [-0.2, 0) is 9.53 Å². The first-order valence-electron chi connectivity index (χ1n) is 6.28. The zero-order valence-corrected chi connectivity index (χ0v) is 10.8. The van der Waals surface area contributed by atoms with Crippen LogP contribution in [0.4, 0.5) is 0 Å². The lowest BCUT2D eigenvalue weighted by Gasteiger charge is -2.12. The van der Waals surface area contributed by atoms with E-state index in [0.29, 0.717) is 6.61 Å². The van der Waals surface area contributed by atoms with Crippen LogP contribution in [-0.4, -0.2) is 38.3 Å². The summed E-state index contributed by atoms with van der Waals surface area (Å²) in [6.07, 6.45) is 3.22. The molecule has 0 heterocycles. The van der Waals surface area contributed by atoms with Crippen molar-refractivity contribution >= 4 is 5.91 Å². The van der Waals surface area contributed by atoms with E-state index in [-0.39, 0.29) is 18.6 Å². The van der Waals surface area contributed by atoms with Crippen LogP contribution in [0, 0.1) is 0 Å². The van der Waals surface area contributed by atoms with Gasteiger partial charge in [-0.2, -0.15) is 0 Å². The van der Waals surface area contributed by atoms with Crippen molar-refractivity contribution < 1.29 is 9.53 Å². The van der Waals surface area contributed by atoms with E-state index in [2.05, 4.69) is 24.5 Å². The third kappa shape index (κ3) is 9.93. The van der Waals surface area contributed by atoms with Crippen molar-refractivity contribution in [2.24, 2.45) is 0 Å². The Labute approximate surface area is 99.1 Å². The minimum atomic E-state index is -0.0172. The Hall–Kier alpha value is -0.610. The maximum absolute atomic E-state index is 11.4. The molecule has 0 rings (SSSR count). The largest absolute Gasteiger partial charge is 0.370 e. The lowest BCUT2D eigenvalue weighted by Crippen LogP contribution is -2.35. The number of carbonyl (C=O) groups excluding carboxylic acids is 1. The molecule has 0 aromatic carbocycles. The number of hydrogen-bond acceptors (Lipinski definition) is 3. The number of nitrogens with one attached hydrogen (secondary N) is 2. The molecule has 0 aliphatic heterocycles. The summed E-state index contributed by atoms with van der Waals surface area (Å²) in [6, 6.07) is 0.249. The predicted octanol–water partition coefficient (Wildman–Crippen LogP) is 1.31. The molecular formula is C12H26N2O2. The summed E-state index contributed by atoms with van der Waals surface area (Å²) in [5.74, 6) is -0.0172.